The summed E-state index contributed by atoms with van der Waals surface area (Å²) in [5.41, 5.74) is 2.66. The number of fused-ring (bicyclic) bond motifs is 1. The standard InChI is InChI=1S/C23H27F2N5O3S/c1-15(17-5-4-6-18(11-17)23(24,25)14-33-3)27-22-20-12-19(13-26-21(20)16(2)28-29-22)30-7-9-34(31,32)10-8-30/h4-6,11-13,15H,7-10,14H2,1-3H3,(H,27,29)/t15-/m1/s1. The molecule has 4 rings (SSSR count). The number of rotatable bonds is 7. The monoisotopic (exact) mass is 491 g/mol. The summed E-state index contributed by atoms with van der Waals surface area (Å²) in [6.07, 6.45) is 1.71. The Hall–Kier alpha value is -2.92. The largest absolute Gasteiger partial charge is 0.378 e. The number of hydrogen-bond donors (Lipinski definition) is 1. The molecular weight excluding hydrogens is 464 g/mol. The van der Waals surface area contributed by atoms with Crippen LogP contribution in [0.1, 0.15) is 29.8 Å². The summed E-state index contributed by atoms with van der Waals surface area (Å²) in [7, 11) is -1.76. The van der Waals surface area contributed by atoms with Crippen molar-refractivity contribution in [3.63, 3.8) is 0 Å². The molecule has 182 valence electrons. The molecule has 1 aliphatic rings. The fourth-order valence-electron chi connectivity index (χ4n) is 3.99. The smallest absolute Gasteiger partial charge is 0.296 e. The lowest BCUT2D eigenvalue weighted by atomic mass is 10.0. The molecule has 2 aromatic heterocycles. The molecule has 0 unspecified atom stereocenters. The number of pyridine rings is 1. The molecule has 34 heavy (non-hydrogen) atoms. The highest BCUT2D eigenvalue weighted by molar-refractivity contribution is 7.91. The second kappa shape index (κ2) is 9.38. The molecule has 0 spiro atoms. The number of sulfone groups is 1. The summed E-state index contributed by atoms with van der Waals surface area (Å²) in [5, 5.41) is 12.5. The van der Waals surface area contributed by atoms with Gasteiger partial charge in [-0.2, -0.15) is 13.9 Å². The number of nitrogens with one attached hydrogen (secondary N) is 1. The zero-order chi connectivity index (χ0) is 24.5. The minimum absolute atomic E-state index is 0.102. The number of benzene rings is 1. The quantitative estimate of drug-likeness (QED) is 0.537. The Kier molecular flexibility index (Phi) is 6.68. The van der Waals surface area contributed by atoms with Crippen molar-refractivity contribution < 1.29 is 21.9 Å². The molecule has 0 bridgehead atoms. The van der Waals surface area contributed by atoms with Crippen LogP contribution >= 0.6 is 0 Å². The van der Waals surface area contributed by atoms with Gasteiger partial charge in [0.05, 0.1) is 40.6 Å². The lowest BCUT2D eigenvalue weighted by Gasteiger charge is -2.28. The van der Waals surface area contributed by atoms with Crippen molar-refractivity contribution in [1.82, 2.24) is 15.2 Å². The number of methoxy groups -OCH3 is 1. The predicted octanol–water partition coefficient (Wildman–Crippen LogP) is 3.48. The van der Waals surface area contributed by atoms with Gasteiger partial charge in [-0.15, -0.1) is 5.10 Å². The molecule has 0 aliphatic carbocycles. The highest BCUT2D eigenvalue weighted by Gasteiger charge is 2.32. The molecular formula is C23H27F2N5O3S. The molecule has 3 aromatic rings. The molecule has 8 nitrogen and oxygen atoms in total. The van der Waals surface area contributed by atoms with Gasteiger partial charge in [0.1, 0.15) is 6.61 Å². The molecule has 1 aliphatic heterocycles. The van der Waals surface area contributed by atoms with E-state index in [2.05, 4.69) is 25.2 Å². The van der Waals surface area contributed by atoms with Crippen LogP contribution in [0, 0.1) is 6.92 Å². The van der Waals surface area contributed by atoms with Crippen molar-refractivity contribution in [3.8, 4) is 0 Å². The van der Waals surface area contributed by atoms with Crippen LogP contribution in [0.5, 0.6) is 0 Å². The summed E-state index contributed by atoms with van der Waals surface area (Å²) in [6, 6.07) is 7.77. The van der Waals surface area contributed by atoms with E-state index in [0.717, 1.165) is 11.1 Å². The molecule has 0 amide bonds. The van der Waals surface area contributed by atoms with E-state index in [0.29, 0.717) is 35.7 Å². The third-order valence-electron chi connectivity index (χ3n) is 5.97. The fourth-order valence-corrected chi connectivity index (χ4v) is 5.19. The van der Waals surface area contributed by atoms with Crippen molar-refractivity contribution >= 4 is 32.2 Å². The van der Waals surface area contributed by atoms with E-state index in [1.807, 2.05) is 24.8 Å². The number of hydrogen-bond acceptors (Lipinski definition) is 8. The maximum atomic E-state index is 14.3. The lowest BCUT2D eigenvalue weighted by Crippen LogP contribution is -2.40. The van der Waals surface area contributed by atoms with Gasteiger partial charge in [0.25, 0.3) is 5.92 Å². The van der Waals surface area contributed by atoms with Crippen LogP contribution in [0.2, 0.25) is 0 Å². The molecule has 3 heterocycles. The summed E-state index contributed by atoms with van der Waals surface area (Å²) in [6.45, 7) is 3.76. The van der Waals surface area contributed by atoms with Gasteiger partial charge in [-0.25, -0.2) is 8.42 Å². The maximum Gasteiger partial charge on any atom is 0.296 e. The van der Waals surface area contributed by atoms with Gasteiger partial charge < -0.3 is 15.0 Å². The van der Waals surface area contributed by atoms with Crippen LogP contribution < -0.4 is 10.2 Å². The summed E-state index contributed by atoms with van der Waals surface area (Å²) in [4.78, 5) is 6.54. The molecule has 1 fully saturated rings. The van der Waals surface area contributed by atoms with E-state index in [-0.39, 0.29) is 23.1 Å². The molecule has 1 N–H and O–H groups in total. The van der Waals surface area contributed by atoms with Crippen molar-refractivity contribution in [1.29, 1.82) is 0 Å². The number of ether oxygens (including phenoxy) is 1. The second-order valence-electron chi connectivity index (χ2n) is 8.49. The number of alkyl halides is 2. The highest BCUT2D eigenvalue weighted by Crippen LogP contribution is 2.32. The van der Waals surface area contributed by atoms with Crippen molar-refractivity contribution in [3.05, 3.63) is 53.3 Å². The molecule has 0 saturated carbocycles. The zero-order valence-corrected chi connectivity index (χ0v) is 20.1. The lowest BCUT2D eigenvalue weighted by molar-refractivity contribution is -0.0698. The van der Waals surface area contributed by atoms with Crippen molar-refractivity contribution in [2.75, 3.05) is 48.5 Å². The van der Waals surface area contributed by atoms with E-state index >= 15 is 0 Å². The van der Waals surface area contributed by atoms with Gasteiger partial charge in [0.15, 0.2) is 15.7 Å². The minimum atomic E-state index is -3.10. The Morgan fingerprint density at radius 1 is 1.21 bits per heavy atom. The zero-order valence-electron chi connectivity index (χ0n) is 19.3. The Bertz CT molecular complexity index is 1290. The third kappa shape index (κ3) is 5.10. The van der Waals surface area contributed by atoms with Gasteiger partial charge in [0.2, 0.25) is 0 Å². The van der Waals surface area contributed by atoms with E-state index in [4.69, 9.17) is 0 Å². The van der Waals surface area contributed by atoms with Crippen LogP contribution in [-0.4, -0.2) is 61.9 Å². The van der Waals surface area contributed by atoms with Crippen LogP contribution in [0.4, 0.5) is 20.3 Å². The van der Waals surface area contributed by atoms with E-state index in [9.17, 15) is 17.2 Å². The highest BCUT2D eigenvalue weighted by atomic mass is 32.2. The first kappa shape index (κ1) is 24.2. The number of anilines is 2. The Morgan fingerprint density at radius 2 is 1.94 bits per heavy atom. The fraction of sp³-hybridized carbons (Fsp3) is 0.435. The van der Waals surface area contributed by atoms with E-state index < -0.39 is 22.4 Å². The van der Waals surface area contributed by atoms with E-state index in [1.165, 1.54) is 19.2 Å². The van der Waals surface area contributed by atoms with Crippen LogP contribution in [0.3, 0.4) is 0 Å². The topological polar surface area (TPSA) is 97.3 Å². The number of aryl methyl sites for hydroxylation is 1. The van der Waals surface area contributed by atoms with Crippen molar-refractivity contribution in [2.45, 2.75) is 25.8 Å². The van der Waals surface area contributed by atoms with E-state index in [1.54, 1.807) is 18.3 Å². The minimum Gasteiger partial charge on any atom is -0.378 e. The first-order valence-corrected chi connectivity index (χ1v) is 12.7. The van der Waals surface area contributed by atoms with Gasteiger partial charge in [-0.1, -0.05) is 18.2 Å². The molecule has 0 radical (unpaired) electrons. The van der Waals surface area contributed by atoms with Crippen LogP contribution in [0.25, 0.3) is 10.9 Å². The maximum absolute atomic E-state index is 14.3. The number of nitrogens with zero attached hydrogens (tertiary/aromatic N) is 4. The first-order chi connectivity index (χ1) is 16.1. The summed E-state index contributed by atoms with van der Waals surface area (Å²) < 4.78 is 56.9. The first-order valence-electron chi connectivity index (χ1n) is 10.9. The average molecular weight is 492 g/mol. The normalized spacial score (nSPS) is 17.0. The number of aromatic nitrogens is 3. The Balaban J connectivity index is 1.64. The number of halogens is 2. The van der Waals surface area contributed by atoms with Gasteiger partial charge >= 0.3 is 0 Å². The van der Waals surface area contributed by atoms with Gasteiger partial charge in [-0.3, -0.25) is 4.98 Å². The van der Waals surface area contributed by atoms with Gasteiger partial charge in [-0.05, 0) is 31.5 Å². The summed E-state index contributed by atoms with van der Waals surface area (Å²) in [5.74, 6) is -2.42. The Morgan fingerprint density at radius 3 is 2.65 bits per heavy atom. The van der Waals surface area contributed by atoms with Crippen LogP contribution in [-0.2, 0) is 20.5 Å². The molecule has 11 heteroatoms. The third-order valence-corrected chi connectivity index (χ3v) is 7.58. The van der Waals surface area contributed by atoms with Crippen molar-refractivity contribution in [2.24, 2.45) is 0 Å². The second-order valence-corrected chi connectivity index (χ2v) is 10.8. The SMILES string of the molecule is COCC(F)(F)c1cccc([C@@H](C)Nc2nnc(C)c3ncc(N4CCS(=O)(=O)CC4)cc23)c1. The molecule has 1 atom stereocenters. The molecule has 1 aromatic carbocycles. The Labute approximate surface area is 197 Å². The molecule has 1 saturated heterocycles. The van der Waals surface area contributed by atoms with Crippen LogP contribution in [0.15, 0.2) is 36.5 Å². The van der Waals surface area contributed by atoms with Gasteiger partial charge in [0, 0.05) is 31.1 Å². The predicted molar refractivity (Wildman–Crippen MR) is 127 cm³/mol. The average Bonchev–Trinajstić information content (AvgIpc) is 2.81. The summed E-state index contributed by atoms with van der Waals surface area (Å²) >= 11 is 0.